The summed E-state index contributed by atoms with van der Waals surface area (Å²) in [6.07, 6.45) is 1.93. The Labute approximate surface area is 317 Å². The zero-order chi connectivity index (χ0) is 37.5. The van der Waals surface area contributed by atoms with Crippen LogP contribution >= 0.6 is 0 Å². The molecule has 0 aliphatic carbocycles. The zero-order valence-electron chi connectivity index (χ0n) is 31.8. The molecule has 2 heterocycles. The second kappa shape index (κ2) is 19.8. The van der Waals surface area contributed by atoms with E-state index in [2.05, 4.69) is 48.0 Å². The highest BCUT2D eigenvalue weighted by Gasteiger charge is 2.13. The summed E-state index contributed by atoms with van der Waals surface area (Å²) in [5.74, 6) is 4.61. The van der Waals surface area contributed by atoms with Crippen molar-refractivity contribution in [3.05, 3.63) is 84.9 Å². The molecule has 2 aromatic heterocycles. The number of para-hydroxylation sites is 2. The summed E-state index contributed by atoms with van der Waals surface area (Å²) in [5.41, 5.74) is 5.35. The average molecular weight is 737 g/mol. The van der Waals surface area contributed by atoms with Crippen molar-refractivity contribution in [2.24, 2.45) is 0 Å². The van der Waals surface area contributed by atoms with Crippen molar-refractivity contribution in [3.63, 3.8) is 0 Å². The molecule has 6 aromatic rings. The number of nitrogens with one attached hydrogen (secondary N) is 2. The molecule has 4 aromatic carbocycles. The third-order valence-corrected chi connectivity index (χ3v) is 8.57. The Morgan fingerprint density at radius 1 is 0.481 bits per heavy atom. The molecule has 12 heteroatoms. The van der Waals surface area contributed by atoms with Crippen LogP contribution in [0.4, 0.5) is 0 Å². The number of hydrogen-bond acceptors (Lipinski definition) is 10. The number of ether oxygens (including phenoxy) is 6. The predicted octanol–water partition coefficient (Wildman–Crippen LogP) is 6.93. The van der Waals surface area contributed by atoms with Gasteiger partial charge in [-0.2, -0.15) is 0 Å². The Morgan fingerprint density at radius 3 is 1.35 bits per heavy atom. The van der Waals surface area contributed by atoms with Gasteiger partial charge in [0.1, 0.15) is 47.9 Å². The van der Waals surface area contributed by atoms with Crippen molar-refractivity contribution >= 4 is 22.1 Å². The van der Waals surface area contributed by atoms with Crippen LogP contribution in [0.3, 0.4) is 0 Å². The van der Waals surface area contributed by atoms with Gasteiger partial charge < -0.3 is 48.2 Å². The van der Waals surface area contributed by atoms with Gasteiger partial charge in [-0.25, -0.2) is 9.97 Å². The standard InChI is InChI=1S/C42H52N6O6/c1-47(2)19-9-21-51-31-15-17-35-37(29-31)45-41(43-35)33-11-5-7-13-39(33)53-27-25-49-23-24-50-26-28-54-40-14-8-6-12-34(40)42-44-36-18-16-32(30-38(36)46-42)52-22-10-20-48(3)4/h5-8,11-18,29-30H,9-10,19-28H2,1-4H3,(H,43,45)(H,44,46). The molecule has 0 bridgehead atoms. The molecule has 0 radical (unpaired) electrons. The zero-order valence-corrected chi connectivity index (χ0v) is 31.8. The molecule has 286 valence electrons. The highest BCUT2D eigenvalue weighted by atomic mass is 16.6. The van der Waals surface area contributed by atoms with Crippen LogP contribution in [0.25, 0.3) is 44.8 Å². The Kier molecular flexibility index (Phi) is 14.1. The summed E-state index contributed by atoms with van der Waals surface area (Å²) in [5, 5.41) is 0. The molecule has 0 atom stereocenters. The van der Waals surface area contributed by atoms with Crippen molar-refractivity contribution in [2.75, 3.05) is 94.1 Å². The van der Waals surface area contributed by atoms with Crippen molar-refractivity contribution in [1.29, 1.82) is 0 Å². The van der Waals surface area contributed by atoms with Gasteiger partial charge in [0.05, 0.1) is 72.8 Å². The molecule has 0 unspecified atom stereocenters. The first-order valence-electron chi connectivity index (χ1n) is 18.6. The van der Waals surface area contributed by atoms with E-state index in [1.807, 2.05) is 84.9 Å². The molecule has 12 nitrogen and oxygen atoms in total. The van der Waals surface area contributed by atoms with E-state index < -0.39 is 0 Å². The first kappa shape index (κ1) is 38.6. The third-order valence-electron chi connectivity index (χ3n) is 8.57. The number of nitrogens with zero attached hydrogens (tertiary/aromatic N) is 4. The fourth-order valence-electron chi connectivity index (χ4n) is 5.87. The molecule has 2 N–H and O–H groups in total. The molecule has 0 amide bonds. The lowest BCUT2D eigenvalue weighted by atomic mass is 10.2. The van der Waals surface area contributed by atoms with Crippen LogP contribution in [0.1, 0.15) is 12.8 Å². The Balaban J connectivity index is 0.894. The molecule has 0 saturated heterocycles. The number of imidazole rings is 2. The number of hydrogen-bond donors (Lipinski definition) is 2. The largest absolute Gasteiger partial charge is 0.493 e. The van der Waals surface area contributed by atoms with Gasteiger partial charge in [0.15, 0.2) is 0 Å². The van der Waals surface area contributed by atoms with Crippen molar-refractivity contribution < 1.29 is 28.4 Å². The van der Waals surface area contributed by atoms with Gasteiger partial charge in [-0.1, -0.05) is 24.3 Å². The predicted molar refractivity (Wildman–Crippen MR) is 213 cm³/mol. The normalized spacial score (nSPS) is 11.6. The summed E-state index contributed by atoms with van der Waals surface area (Å²) in [6.45, 7) is 5.86. The maximum absolute atomic E-state index is 6.10. The fourth-order valence-corrected chi connectivity index (χ4v) is 5.87. The lowest BCUT2D eigenvalue weighted by Crippen LogP contribution is -2.15. The number of benzene rings is 4. The van der Waals surface area contributed by atoms with Crippen molar-refractivity contribution in [1.82, 2.24) is 29.7 Å². The van der Waals surface area contributed by atoms with E-state index >= 15 is 0 Å². The van der Waals surface area contributed by atoms with E-state index in [0.717, 1.165) is 93.8 Å². The summed E-state index contributed by atoms with van der Waals surface area (Å²) in [6, 6.07) is 27.6. The second-order valence-electron chi connectivity index (χ2n) is 13.5. The first-order chi connectivity index (χ1) is 26.4. The first-order valence-corrected chi connectivity index (χ1v) is 18.6. The molecule has 54 heavy (non-hydrogen) atoms. The van der Waals surface area contributed by atoms with Crippen molar-refractivity contribution in [2.45, 2.75) is 12.8 Å². The molecule has 0 saturated carbocycles. The van der Waals surface area contributed by atoms with Crippen LogP contribution in [0.15, 0.2) is 84.9 Å². The highest BCUT2D eigenvalue weighted by Crippen LogP contribution is 2.32. The summed E-state index contributed by atoms with van der Waals surface area (Å²) >= 11 is 0. The number of H-pyrrole nitrogens is 2. The summed E-state index contributed by atoms with van der Waals surface area (Å²) in [4.78, 5) is 20.8. The van der Waals surface area contributed by atoms with E-state index in [0.29, 0.717) is 52.9 Å². The molecule has 6 rings (SSSR count). The molecule has 0 spiro atoms. The smallest absolute Gasteiger partial charge is 0.142 e. The molecule has 0 aliphatic heterocycles. The summed E-state index contributed by atoms with van der Waals surface area (Å²) in [7, 11) is 8.25. The lowest BCUT2D eigenvalue weighted by molar-refractivity contribution is 0.0274. The van der Waals surface area contributed by atoms with Gasteiger partial charge in [-0.05, 0) is 89.6 Å². The van der Waals surface area contributed by atoms with Crippen LogP contribution in [0.5, 0.6) is 23.0 Å². The fraction of sp³-hybridized carbons (Fsp3) is 0.381. The molecule has 0 aliphatic rings. The van der Waals surface area contributed by atoms with Gasteiger partial charge in [-0.3, -0.25) is 0 Å². The Hall–Kier alpha value is -5.14. The summed E-state index contributed by atoms with van der Waals surface area (Å²) < 4.78 is 35.6. The SMILES string of the molecule is CN(C)CCCOc1ccc2nc(-c3ccccc3OCCOCCOCCOc3ccccc3-c3nc4ccc(OCCCN(C)C)cc4[nH]3)[nH]c2c1. The van der Waals surface area contributed by atoms with E-state index in [1.165, 1.54) is 0 Å². The lowest BCUT2D eigenvalue weighted by Gasteiger charge is -2.11. The molecular weight excluding hydrogens is 684 g/mol. The highest BCUT2D eigenvalue weighted by molar-refractivity contribution is 5.83. The van der Waals surface area contributed by atoms with Crippen LogP contribution < -0.4 is 18.9 Å². The van der Waals surface area contributed by atoms with E-state index in [9.17, 15) is 0 Å². The molecular formula is C42H52N6O6. The van der Waals surface area contributed by atoms with Gasteiger partial charge in [-0.15, -0.1) is 0 Å². The third kappa shape index (κ3) is 11.2. The van der Waals surface area contributed by atoms with Crippen LogP contribution in [-0.4, -0.2) is 124 Å². The Bertz CT molecular complexity index is 1900. The van der Waals surface area contributed by atoms with Gasteiger partial charge >= 0.3 is 0 Å². The minimum atomic E-state index is 0.398. The van der Waals surface area contributed by atoms with Gasteiger partial charge in [0, 0.05) is 25.2 Å². The van der Waals surface area contributed by atoms with Crippen LogP contribution in [0.2, 0.25) is 0 Å². The van der Waals surface area contributed by atoms with Crippen LogP contribution in [0, 0.1) is 0 Å². The van der Waals surface area contributed by atoms with Gasteiger partial charge in [0.2, 0.25) is 0 Å². The van der Waals surface area contributed by atoms with Gasteiger partial charge in [0.25, 0.3) is 0 Å². The number of aromatic amines is 2. The Morgan fingerprint density at radius 2 is 0.907 bits per heavy atom. The van der Waals surface area contributed by atoms with Crippen LogP contribution in [-0.2, 0) is 9.47 Å². The average Bonchev–Trinajstić information content (AvgIpc) is 3.80. The molecule has 0 fully saturated rings. The number of fused-ring (bicyclic) bond motifs is 2. The van der Waals surface area contributed by atoms with E-state index in [-0.39, 0.29) is 0 Å². The van der Waals surface area contributed by atoms with E-state index in [4.69, 9.17) is 38.4 Å². The monoisotopic (exact) mass is 736 g/mol. The topological polar surface area (TPSA) is 119 Å². The number of aromatic nitrogens is 4. The van der Waals surface area contributed by atoms with Crippen molar-refractivity contribution in [3.8, 4) is 45.8 Å². The number of rotatable bonds is 23. The minimum absolute atomic E-state index is 0.398. The minimum Gasteiger partial charge on any atom is -0.493 e. The van der Waals surface area contributed by atoms with E-state index in [1.54, 1.807) is 0 Å². The second-order valence-corrected chi connectivity index (χ2v) is 13.5. The maximum atomic E-state index is 6.10. The quantitative estimate of drug-likeness (QED) is 0.0671. The maximum Gasteiger partial charge on any atom is 0.142 e.